The number of hydrogen-bond donors (Lipinski definition) is 2. The molecule has 7 nitrogen and oxygen atoms in total. The van der Waals surface area contributed by atoms with E-state index in [1.54, 1.807) is 24.3 Å². The second kappa shape index (κ2) is 8.87. The molecule has 0 atom stereocenters. The van der Waals surface area contributed by atoms with Crippen molar-refractivity contribution in [1.82, 2.24) is 4.72 Å². The normalized spacial score (nSPS) is 14.4. The third-order valence-corrected chi connectivity index (χ3v) is 5.99. The first-order valence-corrected chi connectivity index (χ1v) is 10.5. The van der Waals surface area contributed by atoms with Crippen LogP contribution >= 0.6 is 0 Å². The van der Waals surface area contributed by atoms with Gasteiger partial charge in [0.05, 0.1) is 16.5 Å². The highest BCUT2D eigenvalue weighted by atomic mass is 32.2. The van der Waals surface area contributed by atoms with Crippen LogP contribution in [0.2, 0.25) is 0 Å². The van der Waals surface area contributed by atoms with Gasteiger partial charge in [0.15, 0.2) is 6.61 Å². The summed E-state index contributed by atoms with van der Waals surface area (Å²) in [5, 5.41) is 11.5. The third-order valence-electron chi connectivity index (χ3n) is 4.46. The van der Waals surface area contributed by atoms with Crippen molar-refractivity contribution in [3.8, 4) is 11.8 Å². The number of nitrogens with one attached hydrogen (secondary N) is 2. The zero-order valence-electron chi connectivity index (χ0n) is 15.2. The van der Waals surface area contributed by atoms with Gasteiger partial charge in [0.25, 0.3) is 5.91 Å². The predicted octanol–water partition coefficient (Wildman–Crippen LogP) is 2.80. The fraction of sp³-hybridized carbons (Fsp3) is 0.300. The molecule has 28 heavy (non-hydrogen) atoms. The molecule has 2 aromatic rings. The van der Waals surface area contributed by atoms with Crippen molar-refractivity contribution in [3.63, 3.8) is 0 Å². The van der Waals surface area contributed by atoms with E-state index in [0.717, 1.165) is 25.7 Å². The molecule has 0 aromatic heterocycles. The van der Waals surface area contributed by atoms with Crippen LogP contribution in [0.15, 0.2) is 53.4 Å². The lowest BCUT2D eigenvalue weighted by Gasteiger charge is -2.13. The van der Waals surface area contributed by atoms with E-state index in [2.05, 4.69) is 10.0 Å². The molecule has 8 heteroatoms. The largest absolute Gasteiger partial charge is 0.484 e. The molecule has 3 rings (SSSR count). The van der Waals surface area contributed by atoms with Crippen LogP contribution < -0.4 is 14.8 Å². The van der Waals surface area contributed by atoms with Crippen LogP contribution in [0.1, 0.15) is 31.2 Å². The molecule has 0 heterocycles. The smallest absolute Gasteiger partial charge is 0.262 e. The molecule has 2 N–H and O–H groups in total. The van der Waals surface area contributed by atoms with E-state index in [9.17, 15) is 13.2 Å². The lowest BCUT2D eigenvalue weighted by molar-refractivity contribution is -0.118. The first kappa shape index (κ1) is 19.9. The van der Waals surface area contributed by atoms with E-state index in [1.807, 2.05) is 6.07 Å². The molecule has 0 spiro atoms. The Morgan fingerprint density at radius 3 is 2.54 bits per heavy atom. The molecule has 0 unspecified atom stereocenters. The van der Waals surface area contributed by atoms with Crippen molar-refractivity contribution in [2.75, 3.05) is 11.9 Å². The van der Waals surface area contributed by atoms with Gasteiger partial charge in [-0.3, -0.25) is 4.79 Å². The molecule has 2 aromatic carbocycles. The number of sulfonamides is 1. The summed E-state index contributed by atoms with van der Waals surface area (Å²) in [6.07, 6.45) is 3.82. The lowest BCUT2D eigenvalue weighted by atomic mass is 10.2. The zero-order chi connectivity index (χ0) is 20.0. The van der Waals surface area contributed by atoms with Gasteiger partial charge in [-0.25, -0.2) is 13.1 Å². The SMILES string of the molecule is N#Cc1cccc(NC(=O)COc2ccc(S(=O)(=O)NC3CCCC3)cc2)c1. The van der Waals surface area contributed by atoms with Gasteiger partial charge in [0.2, 0.25) is 10.0 Å². The molecule has 0 radical (unpaired) electrons. The van der Waals surface area contributed by atoms with E-state index in [1.165, 1.54) is 24.3 Å². The van der Waals surface area contributed by atoms with Crippen molar-refractivity contribution in [2.24, 2.45) is 0 Å². The van der Waals surface area contributed by atoms with Gasteiger partial charge >= 0.3 is 0 Å². The fourth-order valence-electron chi connectivity index (χ4n) is 3.06. The molecule has 0 aliphatic heterocycles. The van der Waals surface area contributed by atoms with Crippen molar-refractivity contribution in [1.29, 1.82) is 5.26 Å². The van der Waals surface area contributed by atoms with E-state index in [4.69, 9.17) is 10.00 Å². The highest BCUT2D eigenvalue weighted by molar-refractivity contribution is 7.89. The van der Waals surface area contributed by atoms with Gasteiger partial charge in [0, 0.05) is 11.7 Å². The molecule has 1 saturated carbocycles. The Morgan fingerprint density at radius 2 is 1.86 bits per heavy atom. The summed E-state index contributed by atoms with van der Waals surface area (Å²) in [4.78, 5) is 12.2. The highest BCUT2D eigenvalue weighted by Crippen LogP contribution is 2.21. The predicted molar refractivity (Wildman–Crippen MR) is 104 cm³/mol. The van der Waals surface area contributed by atoms with Crippen LogP contribution in [-0.2, 0) is 14.8 Å². The quantitative estimate of drug-likeness (QED) is 0.744. The highest BCUT2D eigenvalue weighted by Gasteiger charge is 2.22. The summed E-state index contributed by atoms with van der Waals surface area (Å²) in [5.41, 5.74) is 0.953. The number of anilines is 1. The molecule has 1 aliphatic rings. The van der Waals surface area contributed by atoms with Crippen LogP contribution in [0.25, 0.3) is 0 Å². The Labute approximate surface area is 164 Å². The number of nitrogens with zero attached hydrogens (tertiary/aromatic N) is 1. The number of nitriles is 1. The number of hydrogen-bond acceptors (Lipinski definition) is 5. The third kappa shape index (κ3) is 5.31. The molecule has 0 bridgehead atoms. The summed E-state index contributed by atoms with van der Waals surface area (Å²) in [5.74, 6) is 0.00966. The number of ether oxygens (including phenoxy) is 1. The number of carbonyl (C=O) groups is 1. The number of benzene rings is 2. The van der Waals surface area contributed by atoms with Gasteiger partial charge in [-0.05, 0) is 55.3 Å². The number of rotatable bonds is 7. The molecule has 0 saturated heterocycles. The Bertz CT molecular complexity index is 975. The Kier molecular flexibility index (Phi) is 6.29. The molecular weight excluding hydrogens is 378 g/mol. The monoisotopic (exact) mass is 399 g/mol. The minimum atomic E-state index is -3.55. The maximum Gasteiger partial charge on any atom is 0.262 e. The van der Waals surface area contributed by atoms with Gasteiger partial charge in [-0.2, -0.15) is 5.26 Å². The zero-order valence-corrected chi connectivity index (χ0v) is 16.0. The van der Waals surface area contributed by atoms with E-state index in [0.29, 0.717) is 17.0 Å². The number of carbonyl (C=O) groups excluding carboxylic acids is 1. The molecular formula is C20H21N3O4S. The average molecular weight is 399 g/mol. The van der Waals surface area contributed by atoms with Gasteiger partial charge in [0.1, 0.15) is 5.75 Å². The van der Waals surface area contributed by atoms with E-state index in [-0.39, 0.29) is 23.5 Å². The van der Waals surface area contributed by atoms with Crippen molar-refractivity contribution >= 4 is 21.6 Å². The molecule has 146 valence electrons. The maximum absolute atomic E-state index is 12.4. The van der Waals surface area contributed by atoms with Gasteiger partial charge in [-0.15, -0.1) is 0 Å². The summed E-state index contributed by atoms with van der Waals surface area (Å²) in [7, 11) is -3.55. The Hall–Kier alpha value is -2.89. The standard InChI is InChI=1S/C20H21N3O4S/c21-13-15-4-3-7-17(12-15)22-20(24)14-27-18-8-10-19(11-9-18)28(25,26)23-16-5-1-2-6-16/h3-4,7-12,16,23H,1-2,5-6,14H2,(H,22,24). The van der Waals surface area contributed by atoms with Crippen molar-refractivity contribution in [3.05, 3.63) is 54.1 Å². The first-order valence-electron chi connectivity index (χ1n) is 9.01. The van der Waals surface area contributed by atoms with Crippen molar-refractivity contribution in [2.45, 2.75) is 36.6 Å². The summed E-state index contributed by atoms with van der Waals surface area (Å²) >= 11 is 0. The van der Waals surface area contributed by atoms with Gasteiger partial charge in [-0.1, -0.05) is 18.9 Å². The summed E-state index contributed by atoms with van der Waals surface area (Å²) in [6, 6.07) is 14.5. The van der Waals surface area contributed by atoms with Crippen LogP contribution in [0.3, 0.4) is 0 Å². The first-order chi connectivity index (χ1) is 13.5. The second-order valence-electron chi connectivity index (χ2n) is 6.60. The Balaban J connectivity index is 1.53. The number of amides is 1. The molecule has 1 fully saturated rings. The summed E-state index contributed by atoms with van der Waals surface area (Å²) in [6.45, 7) is -0.233. The summed E-state index contributed by atoms with van der Waals surface area (Å²) < 4.78 is 32.9. The van der Waals surface area contributed by atoms with Gasteiger partial charge < -0.3 is 10.1 Å². The van der Waals surface area contributed by atoms with Crippen LogP contribution in [0.4, 0.5) is 5.69 Å². The maximum atomic E-state index is 12.4. The second-order valence-corrected chi connectivity index (χ2v) is 8.32. The molecule has 1 aliphatic carbocycles. The topological polar surface area (TPSA) is 108 Å². The van der Waals surface area contributed by atoms with Crippen LogP contribution in [-0.4, -0.2) is 27.0 Å². The minimum absolute atomic E-state index is 0.00385. The van der Waals surface area contributed by atoms with Crippen molar-refractivity contribution < 1.29 is 17.9 Å². The van der Waals surface area contributed by atoms with E-state index >= 15 is 0 Å². The minimum Gasteiger partial charge on any atom is -0.484 e. The molecule has 1 amide bonds. The van der Waals surface area contributed by atoms with E-state index < -0.39 is 10.0 Å². The average Bonchev–Trinajstić information content (AvgIpc) is 3.19. The van der Waals surface area contributed by atoms with Crippen LogP contribution in [0, 0.1) is 11.3 Å². The van der Waals surface area contributed by atoms with Crippen LogP contribution in [0.5, 0.6) is 5.75 Å². The lowest BCUT2D eigenvalue weighted by Crippen LogP contribution is -2.32. The fourth-order valence-corrected chi connectivity index (χ4v) is 4.36. The Morgan fingerprint density at radius 1 is 1.14 bits per heavy atom.